The maximum atomic E-state index is 14.1. The lowest BCUT2D eigenvalue weighted by atomic mass is 10.0. The van der Waals surface area contributed by atoms with Gasteiger partial charge in [0.05, 0.1) is 11.1 Å². The van der Waals surface area contributed by atoms with E-state index in [0.29, 0.717) is 11.6 Å². The highest BCUT2D eigenvalue weighted by molar-refractivity contribution is 6.06. The van der Waals surface area contributed by atoms with E-state index < -0.39 is 40.9 Å². The molecule has 34 heavy (non-hydrogen) atoms. The summed E-state index contributed by atoms with van der Waals surface area (Å²) in [7, 11) is 0. The van der Waals surface area contributed by atoms with Gasteiger partial charge in [0.1, 0.15) is 23.1 Å². The van der Waals surface area contributed by atoms with Crippen molar-refractivity contribution in [2.75, 3.05) is 11.9 Å². The Bertz CT molecular complexity index is 1200. The number of amides is 1. The standard InChI is InChI=1S/C24H21F5N2O3/c1-13-10-15(25)3-7-21(13)34-22-6-2-14(24(27,28)29)11-18(22)23(33)31-16-4-5-19(26)17(12-16)20(30)8-9-32/h2-7,10-12,20,32H,8-9,30H2,1H3,(H,31,33). The second kappa shape index (κ2) is 10.2. The van der Waals surface area contributed by atoms with Gasteiger partial charge in [-0.05, 0) is 73.5 Å². The monoisotopic (exact) mass is 480 g/mol. The van der Waals surface area contributed by atoms with E-state index >= 15 is 0 Å². The van der Waals surface area contributed by atoms with Crippen LogP contribution in [0.15, 0.2) is 54.6 Å². The van der Waals surface area contributed by atoms with Crippen LogP contribution in [-0.4, -0.2) is 17.6 Å². The first kappa shape index (κ1) is 25.1. The molecule has 0 spiro atoms. The molecule has 0 fully saturated rings. The van der Waals surface area contributed by atoms with Crippen LogP contribution in [0.2, 0.25) is 0 Å². The van der Waals surface area contributed by atoms with Crippen LogP contribution in [0.1, 0.15) is 39.5 Å². The molecule has 0 saturated heterocycles. The summed E-state index contributed by atoms with van der Waals surface area (Å²) in [5, 5.41) is 11.5. The van der Waals surface area contributed by atoms with Gasteiger partial charge in [-0.1, -0.05) is 0 Å². The Morgan fingerprint density at radius 3 is 2.41 bits per heavy atom. The van der Waals surface area contributed by atoms with E-state index in [2.05, 4.69) is 5.32 Å². The Morgan fingerprint density at radius 2 is 1.76 bits per heavy atom. The maximum absolute atomic E-state index is 14.1. The van der Waals surface area contributed by atoms with Crippen molar-refractivity contribution in [1.29, 1.82) is 0 Å². The van der Waals surface area contributed by atoms with Crippen molar-refractivity contribution in [2.45, 2.75) is 25.6 Å². The number of carbonyl (C=O) groups excluding carboxylic acids is 1. The molecule has 3 rings (SSSR count). The number of rotatable bonds is 7. The van der Waals surface area contributed by atoms with Crippen molar-refractivity contribution in [2.24, 2.45) is 5.73 Å². The van der Waals surface area contributed by atoms with Crippen LogP contribution in [-0.2, 0) is 6.18 Å². The smallest absolute Gasteiger partial charge is 0.416 e. The van der Waals surface area contributed by atoms with E-state index in [1.54, 1.807) is 0 Å². The van der Waals surface area contributed by atoms with Crippen LogP contribution >= 0.6 is 0 Å². The predicted molar refractivity (Wildman–Crippen MR) is 116 cm³/mol. The van der Waals surface area contributed by atoms with Crippen LogP contribution in [0.4, 0.5) is 27.6 Å². The summed E-state index contributed by atoms with van der Waals surface area (Å²) >= 11 is 0. The number of aryl methyl sites for hydroxylation is 1. The zero-order valence-corrected chi connectivity index (χ0v) is 17.9. The van der Waals surface area contributed by atoms with Gasteiger partial charge in [0.2, 0.25) is 0 Å². The average Bonchev–Trinajstić information content (AvgIpc) is 2.76. The van der Waals surface area contributed by atoms with Gasteiger partial charge in [-0.3, -0.25) is 4.79 Å². The molecule has 5 nitrogen and oxygen atoms in total. The third-order valence-corrected chi connectivity index (χ3v) is 5.00. The molecule has 0 saturated carbocycles. The topological polar surface area (TPSA) is 84.6 Å². The summed E-state index contributed by atoms with van der Waals surface area (Å²) in [5.41, 5.74) is 4.79. The molecule has 0 aliphatic rings. The summed E-state index contributed by atoms with van der Waals surface area (Å²) in [6, 6.07) is 8.62. The number of carbonyl (C=O) groups is 1. The molecule has 0 aliphatic heterocycles. The van der Waals surface area contributed by atoms with Gasteiger partial charge in [0, 0.05) is 23.9 Å². The third-order valence-electron chi connectivity index (χ3n) is 5.00. The van der Waals surface area contributed by atoms with Crippen LogP contribution < -0.4 is 15.8 Å². The molecule has 4 N–H and O–H groups in total. The van der Waals surface area contributed by atoms with Gasteiger partial charge in [0.15, 0.2) is 0 Å². The third kappa shape index (κ3) is 5.89. The van der Waals surface area contributed by atoms with Gasteiger partial charge in [0.25, 0.3) is 5.91 Å². The molecule has 1 atom stereocenters. The van der Waals surface area contributed by atoms with E-state index in [-0.39, 0.29) is 35.8 Å². The lowest BCUT2D eigenvalue weighted by Gasteiger charge is -2.17. The number of aliphatic hydroxyl groups excluding tert-OH is 1. The number of ether oxygens (including phenoxy) is 1. The van der Waals surface area contributed by atoms with Crippen LogP contribution in [0.5, 0.6) is 11.5 Å². The van der Waals surface area contributed by atoms with Crippen molar-refractivity contribution < 1.29 is 36.6 Å². The molecule has 1 amide bonds. The Morgan fingerprint density at radius 1 is 1.06 bits per heavy atom. The van der Waals surface area contributed by atoms with Crippen molar-refractivity contribution in [3.63, 3.8) is 0 Å². The highest BCUT2D eigenvalue weighted by atomic mass is 19.4. The van der Waals surface area contributed by atoms with Crippen molar-refractivity contribution >= 4 is 11.6 Å². The molecule has 3 aromatic rings. The fourth-order valence-corrected chi connectivity index (χ4v) is 3.22. The highest BCUT2D eigenvalue weighted by Gasteiger charge is 2.32. The van der Waals surface area contributed by atoms with E-state index in [9.17, 15) is 26.7 Å². The average molecular weight is 480 g/mol. The van der Waals surface area contributed by atoms with Crippen LogP contribution in [0.3, 0.4) is 0 Å². The number of benzene rings is 3. The van der Waals surface area contributed by atoms with Crippen molar-refractivity contribution in [3.8, 4) is 11.5 Å². The number of nitrogens with one attached hydrogen (secondary N) is 1. The first-order chi connectivity index (χ1) is 16.0. The van der Waals surface area contributed by atoms with E-state index in [1.807, 2.05) is 0 Å². The molecule has 0 aromatic heterocycles. The number of anilines is 1. The molecule has 0 bridgehead atoms. The number of alkyl halides is 3. The zero-order chi connectivity index (χ0) is 25.0. The maximum Gasteiger partial charge on any atom is 0.416 e. The molecule has 10 heteroatoms. The second-order valence-corrected chi connectivity index (χ2v) is 7.53. The number of nitrogens with two attached hydrogens (primary N) is 1. The molecule has 3 aromatic carbocycles. The Balaban J connectivity index is 1.98. The van der Waals surface area contributed by atoms with Crippen LogP contribution in [0.25, 0.3) is 0 Å². The predicted octanol–water partition coefficient (Wildman–Crippen LogP) is 5.72. The number of hydrogen-bond acceptors (Lipinski definition) is 4. The van der Waals surface area contributed by atoms with Crippen LogP contribution in [0, 0.1) is 18.6 Å². The van der Waals surface area contributed by atoms with E-state index in [4.69, 9.17) is 15.6 Å². The quantitative estimate of drug-likeness (QED) is 0.378. The highest BCUT2D eigenvalue weighted by Crippen LogP contribution is 2.35. The minimum absolute atomic E-state index is 0.0225. The summed E-state index contributed by atoms with van der Waals surface area (Å²) in [6.45, 7) is 1.25. The fourth-order valence-electron chi connectivity index (χ4n) is 3.22. The molecule has 0 heterocycles. The Hall–Kier alpha value is -3.50. The van der Waals surface area contributed by atoms with Gasteiger partial charge < -0.3 is 20.9 Å². The number of aliphatic hydroxyl groups is 1. The van der Waals surface area contributed by atoms with Gasteiger partial charge in [-0.15, -0.1) is 0 Å². The zero-order valence-electron chi connectivity index (χ0n) is 17.9. The fraction of sp³-hybridized carbons (Fsp3) is 0.208. The lowest BCUT2D eigenvalue weighted by Crippen LogP contribution is -2.17. The lowest BCUT2D eigenvalue weighted by molar-refractivity contribution is -0.137. The Labute approximate surface area is 192 Å². The number of hydrogen-bond donors (Lipinski definition) is 3. The molecule has 0 aliphatic carbocycles. The second-order valence-electron chi connectivity index (χ2n) is 7.53. The van der Waals surface area contributed by atoms with E-state index in [0.717, 1.165) is 24.3 Å². The minimum Gasteiger partial charge on any atom is -0.456 e. The summed E-state index contributed by atoms with van der Waals surface area (Å²) in [6.07, 6.45) is -4.66. The summed E-state index contributed by atoms with van der Waals surface area (Å²) < 4.78 is 73.0. The molecule has 1 unspecified atom stereocenters. The minimum atomic E-state index is -4.72. The normalized spacial score (nSPS) is 12.4. The SMILES string of the molecule is Cc1cc(F)ccc1Oc1ccc(C(F)(F)F)cc1C(=O)Nc1ccc(F)c(C(N)CCO)c1. The molecule has 180 valence electrons. The van der Waals surface area contributed by atoms with Gasteiger partial charge in [-0.2, -0.15) is 13.2 Å². The molecule has 0 radical (unpaired) electrons. The van der Waals surface area contributed by atoms with Gasteiger partial charge in [-0.25, -0.2) is 8.78 Å². The first-order valence-electron chi connectivity index (χ1n) is 10.1. The summed E-state index contributed by atoms with van der Waals surface area (Å²) in [4.78, 5) is 13.0. The van der Waals surface area contributed by atoms with Crippen molar-refractivity contribution in [3.05, 3.63) is 88.5 Å². The van der Waals surface area contributed by atoms with Crippen molar-refractivity contribution in [1.82, 2.24) is 0 Å². The van der Waals surface area contributed by atoms with Gasteiger partial charge >= 0.3 is 6.18 Å². The Kier molecular flexibility index (Phi) is 7.53. The molecular formula is C24H21F5N2O3. The van der Waals surface area contributed by atoms with E-state index in [1.165, 1.54) is 31.2 Å². The summed E-state index contributed by atoms with van der Waals surface area (Å²) in [5.74, 6) is -2.18. The number of halogens is 5. The largest absolute Gasteiger partial charge is 0.456 e. The first-order valence-corrected chi connectivity index (χ1v) is 10.1. The molecular weight excluding hydrogens is 459 g/mol.